The number of aromatic nitrogens is 1. The number of piperidine rings is 1. The van der Waals surface area contributed by atoms with Crippen molar-refractivity contribution in [1.82, 2.24) is 9.47 Å². The standard InChI is InChI=1S/C33H38F2N2O4/c1-20-15-21(2)28-25(11-13-37(28)31(39)41-32(3,4)5)26(20)19-36-14-12-33(16-24(17-33)29(34)35)18-27(36)22-7-9-23(10-8-22)30(38)40-6/h7-11,13,15,27H,12,14,16-19H2,1-6H3/t27-/m0/s1. The van der Waals surface area contributed by atoms with Crippen LogP contribution in [0.2, 0.25) is 0 Å². The van der Waals surface area contributed by atoms with Crippen LogP contribution in [0.5, 0.6) is 0 Å². The lowest BCUT2D eigenvalue weighted by atomic mass is 9.58. The van der Waals surface area contributed by atoms with Crippen LogP contribution in [-0.2, 0) is 16.0 Å². The van der Waals surface area contributed by atoms with Crippen molar-refractivity contribution in [3.05, 3.63) is 82.1 Å². The Kier molecular flexibility index (Phi) is 7.57. The van der Waals surface area contributed by atoms with Crippen LogP contribution >= 0.6 is 0 Å². The summed E-state index contributed by atoms with van der Waals surface area (Å²) in [6, 6.07) is 11.5. The smallest absolute Gasteiger partial charge is 0.418 e. The van der Waals surface area contributed by atoms with Crippen molar-refractivity contribution >= 4 is 23.0 Å². The summed E-state index contributed by atoms with van der Waals surface area (Å²) in [4.78, 5) is 27.5. The molecule has 1 aromatic heterocycles. The number of carbonyl (C=O) groups excluding carboxylic acids is 2. The molecule has 0 amide bonds. The average molecular weight is 565 g/mol. The average Bonchev–Trinajstić information content (AvgIpc) is 3.34. The summed E-state index contributed by atoms with van der Waals surface area (Å²) in [6.07, 6.45) is 2.30. The predicted molar refractivity (Wildman–Crippen MR) is 154 cm³/mol. The topological polar surface area (TPSA) is 60.8 Å². The van der Waals surface area contributed by atoms with Gasteiger partial charge in [0.1, 0.15) is 5.60 Å². The molecule has 0 radical (unpaired) electrons. The number of likely N-dealkylation sites (tertiary alicyclic amines) is 1. The van der Waals surface area contributed by atoms with Crippen LogP contribution in [0.1, 0.15) is 85.1 Å². The second-order valence-electron chi connectivity index (χ2n) is 12.7. The third kappa shape index (κ3) is 5.67. The summed E-state index contributed by atoms with van der Waals surface area (Å²) < 4.78 is 38.8. The molecule has 0 N–H and O–H groups in total. The Hall–Kier alpha value is -3.52. The highest BCUT2D eigenvalue weighted by Gasteiger charge is 2.48. The highest BCUT2D eigenvalue weighted by atomic mass is 19.3. The van der Waals surface area contributed by atoms with Gasteiger partial charge in [-0.15, -0.1) is 0 Å². The van der Waals surface area contributed by atoms with Crippen molar-refractivity contribution in [2.24, 2.45) is 5.41 Å². The Bertz CT molecular complexity index is 1520. The van der Waals surface area contributed by atoms with Crippen LogP contribution in [0.4, 0.5) is 13.6 Å². The van der Waals surface area contributed by atoms with E-state index in [0.29, 0.717) is 24.9 Å². The third-order valence-corrected chi connectivity index (χ3v) is 8.60. The van der Waals surface area contributed by atoms with Gasteiger partial charge in [-0.05, 0) is 118 Å². The molecule has 218 valence electrons. The van der Waals surface area contributed by atoms with E-state index in [4.69, 9.17) is 9.47 Å². The normalized spacial score (nSPS) is 21.2. The maximum absolute atomic E-state index is 13.3. The molecule has 0 bridgehead atoms. The number of fused-ring (bicyclic) bond motifs is 1. The van der Waals surface area contributed by atoms with Crippen molar-refractivity contribution in [1.29, 1.82) is 0 Å². The minimum absolute atomic E-state index is 0.0108. The van der Waals surface area contributed by atoms with Crippen molar-refractivity contribution in [2.75, 3.05) is 13.7 Å². The summed E-state index contributed by atoms with van der Waals surface area (Å²) >= 11 is 0. The molecule has 5 rings (SSSR count). The van der Waals surface area contributed by atoms with Crippen LogP contribution in [-0.4, -0.2) is 40.8 Å². The molecule has 8 heteroatoms. The van der Waals surface area contributed by atoms with Gasteiger partial charge in [0, 0.05) is 24.2 Å². The van der Waals surface area contributed by atoms with Crippen molar-refractivity contribution in [3.8, 4) is 0 Å². The molecule has 0 unspecified atom stereocenters. The molecule has 1 aliphatic heterocycles. The lowest BCUT2D eigenvalue weighted by Gasteiger charge is -2.52. The molecule has 6 nitrogen and oxygen atoms in total. The zero-order chi connectivity index (χ0) is 29.7. The van der Waals surface area contributed by atoms with Gasteiger partial charge in [0.15, 0.2) is 0 Å². The first-order valence-corrected chi connectivity index (χ1v) is 14.1. The van der Waals surface area contributed by atoms with Crippen molar-refractivity contribution in [3.63, 3.8) is 0 Å². The van der Waals surface area contributed by atoms with Crippen LogP contribution in [0.25, 0.3) is 10.9 Å². The van der Waals surface area contributed by atoms with E-state index in [1.807, 2.05) is 45.9 Å². The Morgan fingerprint density at radius 3 is 2.34 bits per heavy atom. The van der Waals surface area contributed by atoms with Crippen molar-refractivity contribution in [2.45, 2.75) is 78.5 Å². The van der Waals surface area contributed by atoms with E-state index in [9.17, 15) is 18.4 Å². The number of esters is 1. The second kappa shape index (κ2) is 10.7. The number of carbonyl (C=O) groups is 2. The molecule has 2 aliphatic rings. The fourth-order valence-electron chi connectivity index (χ4n) is 6.61. The number of rotatable bonds is 4. The maximum Gasteiger partial charge on any atom is 0.418 e. The molecule has 1 saturated carbocycles. The fraction of sp³-hybridized carbons (Fsp3) is 0.455. The lowest BCUT2D eigenvalue weighted by molar-refractivity contribution is 0.0142. The van der Waals surface area contributed by atoms with Gasteiger partial charge in [0.05, 0.1) is 18.2 Å². The van der Waals surface area contributed by atoms with E-state index < -0.39 is 23.7 Å². The Morgan fingerprint density at radius 1 is 1.05 bits per heavy atom. The van der Waals surface area contributed by atoms with Gasteiger partial charge < -0.3 is 9.47 Å². The highest BCUT2D eigenvalue weighted by molar-refractivity contribution is 5.94. The number of hydrogen-bond acceptors (Lipinski definition) is 5. The van der Waals surface area contributed by atoms with Gasteiger partial charge in [-0.3, -0.25) is 9.47 Å². The van der Waals surface area contributed by atoms with Crippen molar-refractivity contribution < 1.29 is 27.8 Å². The maximum atomic E-state index is 13.3. The summed E-state index contributed by atoms with van der Waals surface area (Å²) in [5.41, 5.74) is 5.12. The Morgan fingerprint density at radius 2 is 1.73 bits per heavy atom. The summed E-state index contributed by atoms with van der Waals surface area (Å²) in [7, 11) is 1.36. The van der Waals surface area contributed by atoms with Gasteiger partial charge in [0.25, 0.3) is 6.08 Å². The molecule has 2 heterocycles. The number of benzene rings is 2. The van der Waals surface area contributed by atoms with Crippen LogP contribution in [0, 0.1) is 19.3 Å². The number of aryl methyl sites for hydroxylation is 2. The zero-order valence-corrected chi connectivity index (χ0v) is 24.6. The minimum atomic E-state index is -1.54. The van der Waals surface area contributed by atoms with E-state index in [-0.39, 0.29) is 17.0 Å². The third-order valence-electron chi connectivity index (χ3n) is 8.60. The number of hydrogen-bond donors (Lipinski definition) is 0. The number of nitrogens with zero attached hydrogens (tertiary/aromatic N) is 2. The highest BCUT2D eigenvalue weighted by Crippen LogP contribution is 2.57. The minimum Gasteiger partial charge on any atom is -0.465 e. The van der Waals surface area contributed by atoms with E-state index in [2.05, 4.69) is 17.9 Å². The molecule has 1 aliphatic carbocycles. The van der Waals surface area contributed by atoms with Crippen LogP contribution < -0.4 is 0 Å². The van der Waals surface area contributed by atoms with Gasteiger partial charge >= 0.3 is 12.1 Å². The summed E-state index contributed by atoms with van der Waals surface area (Å²) in [5, 5.41) is 1.00. The first-order valence-electron chi connectivity index (χ1n) is 14.1. The van der Waals surface area contributed by atoms with E-state index in [1.54, 1.807) is 22.9 Å². The molecule has 2 aromatic carbocycles. The number of allylic oxidation sites excluding steroid dienone is 1. The largest absolute Gasteiger partial charge is 0.465 e. The van der Waals surface area contributed by atoms with E-state index >= 15 is 0 Å². The number of ether oxygens (including phenoxy) is 2. The molecule has 1 atom stereocenters. The number of halogens is 2. The molecular weight excluding hydrogens is 526 g/mol. The molecular formula is C33H38F2N2O4. The predicted octanol–water partition coefficient (Wildman–Crippen LogP) is 8.10. The Balaban J connectivity index is 1.50. The Labute approximate surface area is 239 Å². The summed E-state index contributed by atoms with van der Waals surface area (Å²) in [6.45, 7) is 11.0. The first kappa shape index (κ1) is 29.0. The van der Waals surface area contributed by atoms with E-state index in [1.165, 1.54) is 7.11 Å². The summed E-state index contributed by atoms with van der Waals surface area (Å²) in [5.74, 6) is -0.395. The van der Waals surface area contributed by atoms with Crippen LogP contribution in [0.3, 0.4) is 0 Å². The molecule has 2 fully saturated rings. The second-order valence-corrected chi connectivity index (χ2v) is 12.7. The fourth-order valence-corrected chi connectivity index (χ4v) is 6.61. The van der Waals surface area contributed by atoms with Crippen LogP contribution in [0.15, 0.2) is 54.2 Å². The molecule has 1 spiro atoms. The number of methoxy groups -OCH3 is 1. The van der Waals surface area contributed by atoms with E-state index in [0.717, 1.165) is 52.5 Å². The first-order chi connectivity index (χ1) is 19.3. The zero-order valence-electron chi connectivity index (χ0n) is 24.6. The molecule has 1 saturated heterocycles. The van der Waals surface area contributed by atoms with Gasteiger partial charge in [-0.25, -0.2) is 9.59 Å². The lowest BCUT2D eigenvalue weighted by Crippen LogP contribution is -2.46. The van der Waals surface area contributed by atoms with Gasteiger partial charge in [-0.2, -0.15) is 8.78 Å². The van der Waals surface area contributed by atoms with Gasteiger partial charge in [0.2, 0.25) is 0 Å². The monoisotopic (exact) mass is 564 g/mol. The van der Waals surface area contributed by atoms with Gasteiger partial charge in [-0.1, -0.05) is 18.2 Å². The SMILES string of the molecule is COC(=O)c1ccc([C@@H]2CC3(CCN2Cc2c(C)cc(C)c4c2ccn4C(=O)OC(C)(C)C)CC(=C(F)F)C3)cc1. The quantitative estimate of drug-likeness (QED) is 0.300. The molecule has 3 aromatic rings. The molecule has 41 heavy (non-hydrogen) atoms.